The molecule has 1 aliphatic rings. The van der Waals surface area contributed by atoms with Crippen LogP contribution in [0.15, 0.2) is 33.7 Å². The van der Waals surface area contributed by atoms with Crippen LogP contribution >= 0.6 is 0 Å². The van der Waals surface area contributed by atoms with E-state index in [9.17, 15) is 0 Å². The van der Waals surface area contributed by atoms with Gasteiger partial charge < -0.3 is 0 Å². The van der Waals surface area contributed by atoms with Crippen LogP contribution in [0.2, 0.25) is 0 Å². The van der Waals surface area contributed by atoms with Crippen molar-refractivity contribution < 1.29 is 24.7 Å². The Morgan fingerprint density at radius 3 is 3.00 bits per heavy atom. The monoisotopic (exact) mass is 209 g/mol. The Balaban J connectivity index is 2.45. The molecule has 0 bridgehead atoms. The minimum atomic E-state index is 1.12. The Bertz CT molecular complexity index is 187. The minimum absolute atomic E-state index is 1.12. The first-order valence-electron chi connectivity index (χ1n) is 3.55. The molecule has 0 aliphatic heterocycles. The average Bonchev–Trinajstić information content (AvgIpc) is 2.31. The standard InChI is InChI=1S/C9H11.Zr/c1-2-3-6-9-7-4-5-8-9;/h2,4,7H,1,3,5-6H2;. The van der Waals surface area contributed by atoms with Gasteiger partial charge in [-0.25, -0.2) is 0 Å². The molecule has 0 saturated carbocycles. The van der Waals surface area contributed by atoms with Crippen molar-refractivity contribution in [3.8, 4) is 0 Å². The Hall–Kier alpha value is 0.103. The van der Waals surface area contributed by atoms with E-state index in [4.69, 9.17) is 0 Å². The maximum absolute atomic E-state index is 3.71. The van der Waals surface area contributed by atoms with Gasteiger partial charge in [-0.05, 0) is 0 Å². The number of hydrogen-bond acceptors (Lipinski definition) is 0. The van der Waals surface area contributed by atoms with Crippen molar-refractivity contribution in [3.63, 3.8) is 0 Å². The molecule has 0 amide bonds. The fourth-order valence-electron chi connectivity index (χ4n) is 1.04. The van der Waals surface area contributed by atoms with E-state index in [1.165, 1.54) is 12.8 Å². The van der Waals surface area contributed by atoms with Gasteiger partial charge in [-0.15, -0.1) is 0 Å². The Labute approximate surface area is 77.6 Å². The first-order valence-corrected chi connectivity index (χ1v) is 4.78. The molecule has 10 heavy (non-hydrogen) atoms. The Morgan fingerprint density at radius 1 is 1.70 bits per heavy atom. The van der Waals surface area contributed by atoms with E-state index in [1.54, 1.807) is 33.6 Å². The molecule has 0 atom stereocenters. The van der Waals surface area contributed by atoms with Crippen LogP contribution in [0, 0.1) is 0 Å². The van der Waals surface area contributed by atoms with E-state index >= 15 is 0 Å². The number of hydrogen-bond donors (Lipinski definition) is 0. The molecule has 0 aromatic heterocycles. The third kappa shape index (κ3) is 2.06. The van der Waals surface area contributed by atoms with Crippen LogP contribution in [0.5, 0.6) is 0 Å². The number of allylic oxidation sites excluding steroid dienone is 5. The Morgan fingerprint density at radius 2 is 2.50 bits per heavy atom. The molecule has 1 heteroatoms. The quantitative estimate of drug-likeness (QED) is 0.628. The molecule has 0 fully saturated rings. The topological polar surface area (TPSA) is 0 Å². The van der Waals surface area contributed by atoms with E-state index < -0.39 is 0 Å². The summed E-state index contributed by atoms with van der Waals surface area (Å²) in [6, 6.07) is 0. The van der Waals surface area contributed by atoms with E-state index in [0.717, 1.165) is 6.42 Å². The molecule has 0 aromatic rings. The van der Waals surface area contributed by atoms with E-state index in [2.05, 4.69) is 18.7 Å². The van der Waals surface area contributed by atoms with E-state index in [0.29, 0.717) is 0 Å². The van der Waals surface area contributed by atoms with Gasteiger partial charge in [0.2, 0.25) is 0 Å². The van der Waals surface area contributed by atoms with Gasteiger partial charge >= 0.3 is 77.6 Å². The third-order valence-corrected chi connectivity index (χ3v) is 2.94. The second kappa shape index (κ2) is 4.08. The molecule has 0 radical (unpaired) electrons. The molecule has 0 nitrogen and oxygen atoms in total. The van der Waals surface area contributed by atoms with Crippen LogP contribution in [-0.4, -0.2) is 0 Å². The van der Waals surface area contributed by atoms with Gasteiger partial charge in [0.05, 0.1) is 0 Å². The second-order valence-corrected chi connectivity index (χ2v) is 3.92. The predicted molar refractivity (Wildman–Crippen MR) is 40.2 cm³/mol. The van der Waals surface area contributed by atoms with Gasteiger partial charge in [0.15, 0.2) is 0 Å². The van der Waals surface area contributed by atoms with Crippen molar-refractivity contribution in [2.45, 2.75) is 19.3 Å². The van der Waals surface area contributed by atoms with Crippen molar-refractivity contribution in [3.05, 3.63) is 33.7 Å². The molecule has 51 valence electrons. The zero-order valence-electron chi connectivity index (χ0n) is 6.06. The van der Waals surface area contributed by atoms with Gasteiger partial charge in [0.25, 0.3) is 0 Å². The average molecular weight is 210 g/mol. The van der Waals surface area contributed by atoms with Crippen molar-refractivity contribution in [2.24, 2.45) is 0 Å². The summed E-state index contributed by atoms with van der Waals surface area (Å²) in [5.41, 5.74) is 1.55. The molecule has 1 rings (SSSR count). The second-order valence-electron chi connectivity index (χ2n) is 2.44. The molecule has 0 N–H and O–H groups in total. The van der Waals surface area contributed by atoms with Gasteiger partial charge in [0.1, 0.15) is 0 Å². The van der Waals surface area contributed by atoms with Crippen LogP contribution in [0.1, 0.15) is 19.3 Å². The van der Waals surface area contributed by atoms with Crippen LogP contribution in [-0.2, 0) is 24.7 Å². The van der Waals surface area contributed by atoms with Crippen molar-refractivity contribution in [2.75, 3.05) is 0 Å². The normalized spacial score (nSPS) is 16.3. The molecule has 1 aliphatic carbocycles. The number of rotatable bonds is 3. The van der Waals surface area contributed by atoms with Gasteiger partial charge in [0, 0.05) is 0 Å². The van der Waals surface area contributed by atoms with Crippen LogP contribution in [0.25, 0.3) is 0 Å². The first kappa shape index (κ1) is 8.20. The fourth-order valence-corrected chi connectivity index (χ4v) is 1.84. The van der Waals surface area contributed by atoms with Crippen LogP contribution in [0.3, 0.4) is 0 Å². The summed E-state index contributed by atoms with van der Waals surface area (Å²) < 4.78 is 1.62. The van der Waals surface area contributed by atoms with Gasteiger partial charge in [-0.3, -0.25) is 0 Å². The summed E-state index contributed by atoms with van der Waals surface area (Å²) in [6.07, 6.45) is 10.0. The predicted octanol–water partition coefficient (Wildman–Crippen LogP) is 2.71. The summed E-state index contributed by atoms with van der Waals surface area (Å²) >= 11 is 1.58. The van der Waals surface area contributed by atoms with Gasteiger partial charge in [-0.1, -0.05) is 0 Å². The zero-order chi connectivity index (χ0) is 7.40. The summed E-state index contributed by atoms with van der Waals surface area (Å²) in [4.78, 5) is 0. The summed E-state index contributed by atoms with van der Waals surface area (Å²) in [7, 11) is 0. The molecule has 0 saturated heterocycles. The molecule has 0 spiro atoms. The Kier molecular flexibility index (Phi) is 3.35. The molecule has 0 unspecified atom stereocenters. The molecular formula is C9H11Zr. The SMILES string of the molecule is C=CCCC1=[C]([Zr])CC=C1. The summed E-state index contributed by atoms with van der Waals surface area (Å²) in [6.45, 7) is 3.71. The van der Waals surface area contributed by atoms with Crippen LogP contribution < -0.4 is 0 Å². The van der Waals surface area contributed by atoms with Crippen LogP contribution in [0.4, 0.5) is 0 Å². The van der Waals surface area contributed by atoms with E-state index in [-0.39, 0.29) is 0 Å². The zero-order valence-corrected chi connectivity index (χ0v) is 8.52. The summed E-state index contributed by atoms with van der Waals surface area (Å²) in [5, 5.41) is 0. The van der Waals surface area contributed by atoms with Gasteiger partial charge in [-0.2, -0.15) is 0 Å². The molecule has 0 heterocycles. The maximum atomic E-state index is 3.71. The van der Waals surface area contributed by atoms with Crippen molar-refractivity contribution >= 4 is 0 Å². The molecule has 0 aromatic carbocycles. The van der Waals surface area contributed by atoms with Crippen molar-refractivity contribution in [1.29, 1.82) is 0 Å². The third-order valence-electron chi connectivity index (χ3n) is 1.65. The molecular weight excluding hydrogens is 199 g/mol. The van der Waals surface area contributed by atoms with Crippen molar-refractivity contribution in [1.82, 2.24) is 0 Å². The fraction of sp³-hybridized carbons (Fsp3) is 0.333. The summed E-state index contributed by atoms with van der Waals surface area (Å²) in [5.74, 6) is 0. The first-order chi connectivity index (χ1) is 4.84. The van der Waals surface area contributed by atoms with E-state index in [1.807, 2.05) is 6.08 Å².